The number of aromatic nitrogens is 1. The van der Waals surface area contributed by atoms with Gasteiger partial charge in [0.15, 0.2) is 5.69 Å². The van der Waals surface area contributed by atoms with Crippen LogP contribution >= 0.6 is 11.8 Å². The van der Waals surface area contributed by atoms with E-state index in [2.05, 4.69) is 4.98 Å². The minimum Gasteiger partial charge on any atom is -0.322 e. The molecule has 1 aliphatic heterocycles. The van der Waals surface area contributed by atoms with E-state index in [0.717, 1.165) is 0 Å². The predicted octanol–water partition coefficient (Wildman–Crippen LogP) is 2.31. The zero-order chi connectivity index (χ0) is 16.4. The smallest absolute Gasteiger partial charge is 0.322 e. The van der Waals surface area contributed by atoms with Gasteiger partial charge in [-0.1, -0.05) is 23.3 Å². The van der Waals surface area contributed by atoms with Crippen LogP contribution in [0.5, 0.6) is 0 Å². The maximum Gasteiger partial charge on any atom is 0.382 e. The molecule has 0 unspecified atom stereocenters. The SMILES string of the molecule is CSCc1cccnc1C(=O)ON1C(=O)c2ccccc2C1=O. The summed E-state index contributed by atoms with van der Waals surface area (Å²) in [4.78, 5) is 45.7. The number of rotatable bonds is 4. The second kappa shape index (κ2) is 6.21. The molecule has 0 saturated carbocycles. The van der Waals surface area contributed by atoms with Crippen LogP contribution in [-0.4, -0.2) is 34.1 Å². The Labute approximate surface area is 136 Å². The van der Waals surface area contributed by atoms with Crippen LogP contribution in [0.4, 0.5) is 0 Å². The number of hydrogen-bond donors (Lipinski definition) is 0. The molecule has 1 aromatic heterocycles. The van der Waals surface area contributed by atoms with E-state index in [9.17, 15) is 14.4 Å². The van der Waals surface area contributed by atoms with E-state index in [4.69, 9.17) is 4.84 Å². The average Bonchev–Trinajstić information content (AvgIpc) is 2.81. The van der Waals surface area contributed by atoms with Crippen molar-refractivity contribution < 1.29 is 19.2 Å². The number of fused-ring (bicyclic) bond motifs is 1. The Hall–Kier alpha value is -2.67. The monoisotopic (exact) mass is 328 g/mol. The van der Waals surface area contributed by atoms with E-state index in [-0.39, 0.29) is 16.8 Å². The van der Waals surface area contributed by atoms with Crippen LogP contribution in [0, 0.1) is 0 Å². The highest BCUT2D eigenvalue weighted by Gasteiger charge is 2.39. The third kappa shape index (κ3) is 2.70. The second-order valence-corrected chi connectivity index (χ2v) is 5.64. The molecule has 7 heteroatoms. The first-order valence-corrected chi connectivity index (χ1v) is 8.16. The van der Waals surface area contributed by atoms with Crippen molar-refractivity contribution in [2.45, 2.75) is 5.75 Å². The summed E-state index contributed by atoms with van der Waals surface area (Å²) in [5, 5.41) is 0.491. The van der Waals surface area contributed by atoms with Crippen LogP contribution < -0.4 is 0 Å². The lowest BCUT2D eigenvalue weighted by atomic mass is 10.1. The van der Waals surface area contributed by atoms with Crippen molar-refractivity contribution in [3.63, 3.8) is 0 Å². The largest absolute Gasteiger partial charge is 0.382 e. The van der Waals surface area contributed by atoms with Gasteiger partial charge in [-0.2, -0.15) is 11.8 Å². The van der Waals surface area contributed by atoms with E-state index in [0.29, 0.717) is 16.4 Å². The van der Waals surface area contributed by atoms with Gasteiger partial charge in [-0.05, 0) is 30.0 Å². The van der Waals surface area contributed by atoms with Crippen molar-refractivity contribution in [1.82, 2.24) is 10.0 Å². The van der Waals surface area contributed by atoms with Crippen molar-refractivity contribution in [3.8, 4) is 0 Å². The summed E-state index contributed by atoms with van der Waals surface area (Å²) in [5.41, 5.74) is 1.21. The molecule has 1 aromatic carbocycles. The zero-order valence-corrected chi connectivity index (χ0v) is 13.0. The standard InChI is InChI=1S/C16H12N2O4S/c1-23-9-10-5-4-8-17-13(10)16(21)22-18-14(19)11-6-2-3-7-12(11)15(18)20/h2-8H,9H2,1H3. The lowest BCUT2D eigenvalue weighted by Gasteiger charge is -2.13. The molecule has 6 nitrogen and oxygen atoms in total. The van der Waals surface area contributed by atoms with Gasteiger partial charge < -0.3 is 4.84 Å². The third-order valence-electron chi connectivity index (χ3n) is 3.32. The number of hydroxylamine groups is 2. The van der Waals surface area contributed by atoms with Crippen molar-refractivity contribution >= 4 is 29.5 Å². The molecule has 0 atom stereocenters. The van der Waals surface area contributed by atoms with Crippen molar-refractivity contribution in [2.75, 3.05) is 6.26 Å². The Morgan fingerprint density at radius 2 is 1.78 bits per heavy atom. The molecular weight excluding hydrogens is 316 g/mol. The lowest BCUT2D eigenvalue weighted by molar-refractivity contribution is -0.0589. The minimum absolute atomic E-state index is 0.0957. The topological polar surface area (TPSA) is 76.6 Å². The lowest BCUT2D eigenvalue weighted by Crippen LogP contribution is -2.33. The molecule has 1 aliphatic rings. The van der Waals surface area contributed by atoms with E-state index in [1.165, 1.54) is 30.1 Å². The highest BCUT2D eigenvalue weighted by molar-refractivity contribution is 7.97. The number of thioether (sulfide) groups is 1. The summed E-state index contributed by atoms with van der Waals surface area (Å²) < 4.78 is 0. The first kappa shape index (κ1) is 15.2. The van der Waals surface area contributed by atoms with Gasteiger partial charge >= 0.3 is 5.97 Å². The van der Waals surface area contributed by atoms with Crippen LogP contribution in [0.15, 0.2) is 42.6 Å². The quantitative estimate of drug-likeness (QED) is 0.802. The van der Waals surface area contributed by atoms with E-state index in [1.54, 1.807) is 24.3 Å². The molecule has 0 bridgehead atoms. The molecule has 2 aromatic rings. The van der Waals surface area contributed by atoms with Gasteiger partial charge in [0.05, 0.1) is 11.1 Å². The Morgan fingerprint density at radius 1 is 1.13 bits per heavy atom. The Morgan fingerprint density at radius 3 is 2.39 bits per heavy atom. The summed E-state index contributed by atoms with van der Waals surface area (Å²) in [6.07, 6.45) is 3.36. The van der Waals surface area contributed by atoms with Crippen LogP contribution in [0.1, 0.15) is 36.8 Å². The number of pyridine rings is 1. The molecule has 2 amide bonds. The van der Waals surface area contributed by atoms with E-state index < -0.39 is 17.8 Å². The van der Waals surface area contributed by atoms with E-state index >= 15 is 0 Å². The van der Waals surface area contributed by atoms with Gasteiger partial charge in [-0.15, -0.1) is 0 Å². The maximum absolute atomic E-state index is 12.3. The molecule has 116 valence electrons. The number of carbonyl (C=O) groups is 3. The maximum atomic E-state index is 12.3. The number of carbonyl (C=O) groups excluding carboxylic acids is 3. The number of benzene rings is 1. The van der Waals surface area contributed by atoms with Crippen LogP contribution in [0.3, 0.4) is 0 Å². The zero-order valence-electron chi connectivity index (χ0n) is 12.2. The summed E-state index contributed by atoms with van der Waals surface area (Å²) in [6, 6.07) is 9.79. The fourth-order valence-electron chi connectivity index (χ4n) is 2.27. The molecule has 0 spiro atoms. The van der Waals surface area contributed by atoms with Crippen molar-refractivity contribution in [2.24, 2.45) is 0 Å². The fourth-order valence-corrected chi connectivity index (χ4v) is 2.81. The summed E-state index contributed by atoms with van der Waals surface area (Å²) in [7, 11) is 0. The molecule has 0 fully saturated rings. The third-order valence-corrected chi connectivity index (χ3v) is 3.92. The summed E-state index contributed by atoms with van der Waals surface area (Å²) >= 11 is 1.52. The highest BCUT2D eigenvalue weighted by Crippen LogP contribution is 2.23. The Bertz CT molecular complexity index is 771. The normalized spacial score (nSPS) is 13.2. The molecule has 0 saturated heterocycles. The van der Waals surface area contributed by atoms with Crippen LogP contribution in [-0.2, 0) is 10.6 Å². The molecular formula is C16H12N2O4S. The first-order valence-electron chi connectivity index (χ1n) is 6.76. The first-order chi connectivity index (χ1) is 11.1. The second-order valence-electron chi connectivity index (χ2n) is 4.77. The summed E-state index contributed by atoms with van der Waals surface area (Å²) in [5.74, 6) is -1.56. The number of amides is 2. The van der Waals surface area contributed by atoms with Crippen LogP contribution in [0.25, 0.3) is 0 Å². The Kier molecular flexibility index (Phi) is 4.12. The van der Waals surface area contributed by atoms with Gasteiger partial charge in [-0.3, -0.25) is 9.59 Å². The van der Waals surface area contributed by atoms with Gasteiger partial charge in [0.2, 0.25) is 0 Å². The fraction of sp³-hybridized carbons (Fsp3) is 0.125. The Balaban J connectivity index is 1.85. The van der Waals surface area contributed by atoms with Crippen LogP contribution in [0.2, 0.25) is 0 Å². The molecule has 0 N–H and O–H groups in total. The van der Waals surface area contributed by atoms with Gasteiger partial charge in [0.1, 0.15) is 0 Å². The van der Waals surface area contributed by atoms with Gasteiger partial charge in [-0.25, -0.2) is 9.78 Å². The summed E-state index contributed by atoms with van der Waals surface area (Å²) in [6.45, 7) is 0. The average molecular weight is 328 g/mol. The number of hydrogen-bond acceptors (Lipinski definition) is 6. The van der Waals surface area contributed by atoms with Crippen molar-refractivity contribution in [3.05, 3.63) is 65.0 Å². The molecule has 0 aliphatic carbocycles. The van der Waals surface area contributed by atoms with E-state index in [1.807, 2.05) is 6.26 Å². The molecule has 23 heavy (non-hydrogen) atoms. The molecule has 2 heterocycles. The predicted molar refractivity (Wildman–Crippen MR) is 83.8 cm³/mol. The van der Waals surface area contributed by atoms with Gasteiger partial charge in [0, 0.05) is 11.9 Å². The highest BCUT2D eigenvalue weighted by atomic mass is 32.2. The number of imide groups is 1. The molecule has 3 rings (SSSR count). The molecule has 0 radical (unpaired) electrons. The van der Waals surface area contributed by atoms with Crippen molar-refractivity contribution in [1.29, 1.82) is 0 Å². The minimum atomic E-state index is -0.829. The number of nitrogens with zero attached hydrogens (tertiary/aromatic N) is 2. The van der Waals surface area contributed by atoms with Gasteiger partial charge in [0.25, 0.3) is 11.8 Å².